The van der Waals surface area contributed by atoms with E-state index in [0.29, 0.717) is 17.5 Å². The van der Waals surface area contributed by atoms with Gasteiger partial charge in [0.15, 0.2) is 17.5 Å². The van der Waals surface area contributed by atoms with Crippen LogP contribution in [0.2, 0.25) is 0 Å². The monoisotopic (exact) mass is 400 g/mol. The summed E-state index contributed by atoms with van der Waals surface area (Å²) in [6, 6.07) is 27.7. The third-order valence-corrected chi connectivity index (χ3v) is 5.24. The largest absolute Gasteiger partial charge is 0.456 e. The molecule has 0 atom stereocenters. The maximum Gasteiger partial charge on any atom is 0.164 e. The molecule has 0 unspecified atom stereocenters. The van der Waals surface area contributed by atoms with Gasteiger partial charge >= 0.3 is 0 Å². The fraction of sp³-hybridized carbons (Fsp3) is 0. The molecule has 0 radical (unpaired) electrons. The maximum atomic E-state index is 6.03. The van der Waals surface area contributed by atoms with Crippen molar-refractivity contribution < 1.29 is 4.42 Å². The van der Waals surface area contributed by atoms with E-state index in [1.54, 1.807) is 6.20 Å². The molecule has 0 amide bonds. The Labute approximate surface area is 178 Å². The number of fused-ring (bicyclic) bond motifs is 3. The van der Waals surface area contributed by atoms with E-state index in [1.807, 2.05) is 91.1 Å². The quantitative estimate of drug-likeness (QED) is 0.356. The third-order valence-electron chi connectivity index (χ3n) is 5.24. The molecule has 0 aliphatic rings. The van der Waals surface area contributed by atoms with Crippen LogP contribution in [0, 0.1) is 0 Å². The molecule has 5 nitrogen and oxygen atoms in total. The Morgan fingerprint density at radius 3 is 1.87 bits per heavy atom. The van der Waals surface area contributed by atoms with Gasteiger partial charge in [0.2, 0.25) is 0 Å². The number of hydrogen-bond donors (Lipinski definition) is 0. The smallest absolute Gasteiger partial charge is 0.164 e. The predicted molar refractivity (Wildman–Crippen MR) is 121 cm³/mol. The molecule has 0 bridgehead atoms. The van der Waals surface area contributed by atoms with Crippen LogP contribution in [0.5, 0.6) is 0 Å². The van der Waals surface area contributed by atoms with Crippen LogP contribution in [0.4, 0.5) is 0 Å². The first-order valence-electron chi connectivity index (χ1n) is 9.99. The van der Waals surface area contributed by atoms with Crippen molar-refractivity contribution in [2.24, 2.45) is 0 Å². The normalized spacial score (nSPS) is 11.2. The number of aromatic nitrogens is 4. The molecule has 146 valence electrons. The minimum atomic E-state index is 0.602. The van der Waals surface area contributed by atoms with Gasteiger partial charge in [-0.25, -0.2) is 15.0 Å². The van der Waals surface area contributed by atoms with E-state index in [-0.39, 0.29) is 0 Å². The molecule has 6 aromatic rings. The molecular formula is C26H16N4O. The van der Waals surface area contributed by atoms with Crippen LogP contribution in [-0.4, -0.2) is 19.9 Å². The zero-order chi connectivity index (χ0) is 20.6. The highest BCUT2D eigenvalue weighted by molar-refractivity contribution is 6.11. The fourth-order valence-electron chi connectivity index (χ4n) is 3.79. The topological polar surface area (TPSA) is 64.7 Å². The van der Waals surface area contributed by atoms with Crippen molar-refractivity contribution in [2.45, 2.75) is 0 Å². The highest BCUT2D eigenvalue weighted by Gasteiger charge is 2.17. The zero-order valence-electron chi connectivity index (χ0n) is 16.4. The molecule has 5 heteroatoms. The fourth-order valence-corrected chi connectivity index (χ4v) is 3.79. The highest BCUT2D eigenvalue weighted by Crippen LogP contribution is 2.35. The van der Waals surface area contributed by atoms with Gasteiger partial charge in [-0.15, -0.1) is 0 Å². The lowest BCUT2D eigenvalue weighted by Crippen LogP contribution is -2.00. The Morgan fingerprint density at radius 1 is 0.548 bits per heavy atom. The molecule has 0 aliphatic carbocycles. The Morgan fingerprint density at radius 2 is 1.19 bits per heavy atom. The summed E-state index contributed by atoms with van der Waals surface area (Å²) in [6.07, 6.45) is 3.55. The van der Waals surface area contributed by atoms with Gasteiger partial charge in [-0.1, -0.05) is 72.8 Å². The molecule has 6 rings (SSSR count). The molecule has 3 aromatic heterocycles. The first-order chi connectivity index (χ1) is 15.4. The van der Waals surface area contributed by atoms with Crippen molar-refractivity contribution in [3.8, 4) is 34.2 Å². The molecule has 0 spiro atoms. The second kappa shape index (κ2) is 7.15. The van der Waals surface area contributed by atoms with Crippen molar-refractivity contribution in [1.29, 1.82) is 0 Å². The molecule has 3 aromatic carbocycles. The summed E-state index contributed by atoms with van der Waals surface area (Å²) in [6.45, 7) is 0. The van der Waals surface area contributed by atoms with Crippen LogP contribution < -0.4 is 0 Å². The molecule has 0 fully saturated rings. The number of pyridine rings is 1. The van der Waals surface area contributed by atoms with Crippen LogP contribution in [0.25, 0.3) is 56.1 Å². The van der Waals surface area contributed by atoms with Gasteiger partial charge in [0.1, 0.15) is 11.2 Å². The van der Waals surface area contributed by atoms with Gasteiger partial charge in [0.25, 0.3) is 0 Å². The average Bonchev–Trinajstić information content (AvgIpc) is 3.24. The van der Waals surface area contributed by atoms with E-state index < -0.39 is 0 Å². The maximum absolute atomic E-state index is 6.03. The SMILES string of the molecule is c1ccc(-c2nc(-c3ccccc3)nc(-c3cccc4oc5ccncc5c34)n2)cc1. The van der Waals surface area contributed by atoms with E-state index >= 15 is 0 Å². The van der Waals surface area contributed by atoms with Gasteiger partial charge in [-0.3, -0.25) is 4.98 Å². The first kappa shape index (κ1) is 17.5. The van der Waals surface area contributed by atoms with E-state index in [0.717, 1.165) is 38.6 Å². The van der Waals surface area contributed by atoms with Gasteiger partial charge in [-0.2, -0.15) is 0 Å². The second-order valence-corrected chi connectivity index (χ2v) is 7.19. The average molecular weight is 400 g/mol. The van der Waals surface area contributed by atoms with E-state index in [1.165, 1.54) is 0 Å². The van der Waals surface area contributed by atoms with Gasteiger partial charge in [0, 0.05) is 39.9 Å². The first-order valence-corrected chi connectivity index (χ1v) is 9.99. The van der Waals surface area contributed by atoms with Crippen molar-refractivity contribution in [3.63, 3.8) is 0 Å². The summed E-state index contributed by atoms with van der Waals surface area (Å²) in [5, 5.41) is 1.89. The van der Waals surface area contributed by atoms with Gasteiger partial charge < -0.3 is 4.42 Å². The summed E-state index contributed by atoms with van der Waals surface area (Å²) < 4.78 is 6.03. The van der Waals surface area contributed by atoms with Crippen LogP contribution >= 0.6 is 0 Å². The zero-order valence-corrected chi connectivity index (χ0v) is 16.4. The Hall–Kier alpha value is -4.38. The summed E-state index contributed by atoms with van der Waals surface area (Å²) >= 11 is 0. The number of nitrogens with zero attached hydrogens (tertiary/aromatic N) is 4. The van der Waals surface area contributed by atoms with Gasteiger partial charge in [0.05, 0.1) is 0 Å². The lowest BCUT2D eigenvalue weighted by atomic mass is 10.1. The molecule has 0 aliphatic heterocycles. The second-order valence-electron chi connectivity index (χ2n) is 7.19. The Balaban J connectivity index is 1.66. The molecule has 0 N–H and O–H groups in total. The lowest BCUT2D eigenvalue weighted by molar-refractivity contribution is 0.668. The molecule has 0 saturated heterocycles. The Bertz CT molecular complexity index is 1470. The number of furan rings is 1. The van der Waals surface area contributed by atoms with Crippen molar-refractivity contribution in [1.82, 2.24) is 19.9 Å². The number of hydrogen-bond acceptors (Lipinski definition) is 5. The minimum Gasteiger partial charge on any atom is -0.456 e. The van der Waals surface area contributed by atoms with E-state index in [9.17, 15) is 0 Å². The van der Waals surface area contributed by atoms with Gasteiger partial charge in [-0.05, 0) is 12.1 Å². The molecule has 0 saturated carbocycles. The summed E-state index contributed by atoms with van der Waals surface area (Å²) in [5.41, 5.74) is 4.34. The van der Waals surface area contributed by atoms with E-state index in [2.05, 4.69) is 4.98 Å². The number of benzene rings is 3. The van der Waals surface area contributed by atoms with Crippen LogP contribution in [0.1, 0.15) is 0 Å². The van der Waals surface area contributed by atoms with Crippen molar-refractivity contribution >= 4 is 21.9 Å². The predicted octanol–water partition coefficient (Wildman–Crippen LogP) is 6.17. The molecular weight excluding hydrogens is 384 g/mol. The number of rotatable bonds is 3. The van der Waals surface area contributed by atoms with Crippen LogP contribution in [0.3, 0.4) is 0 Å². The van der Waals surface area contributed by atoms with Crippen LogP contribution in [-0.2, 0) is 0 Å². The van der Waals surface area contributed by atoms with E-state index in [4.69, 9.17) is 19.4 Å². The molecule has 31 heavy (non-hydrogen) atoms. The summed E-state index contributed by atoms with van der Waals surface area (Å²) in [7, 11) is 0. The highest BCUT2D eigenvalue weighted by atomic mass is 16.3. The minimum absolute atomic E-state index is 0.602. The molecule has 3 heterocycles. The summed E-state index contributed by atoms with van der Waals surface area (Å²) in [4.78, 5) is 18.8. The third kappa shape index (κ3) is 3.04. The van der Waals surface area contributed by atoms with Crippen LogP contribution in [0.15, 0.2) is 102 Å². The standard InChI is InChI=1S/C26H16N4O/c1-3-8-17(9-4-1)24-28-25(18-10-5-2-6-11-18)30-26(29-24)19-12-7-13-22-23(19)20-16-27-15-14-21(20)31-22/h1-16H. The van der Waals surface area contributed by atoms with Crippen molar-refractivity contribution in [3.05, 3.63) is 97.3 Å². The summed E-state index contributed by atoms with van der Waals surface area (Å²) in [5.74, 6) is 1.87. The van der Waals surface area contributed by atoms with Crippen molar-refractivity contribution in [2.75, 3.05) is 0 Å². The Kier molecular flexibility index (Phi) is 4.03. The lowest BCUT2D eigenvalue weighted by Gasteiger charge is -2.09.